The van der Waals surface area contributed by atoms with Gasteiger partial charge in [0.1, 0.15) is 0 Å². The van der Waals surface area contributed by atoms with Crippen molar-refractivity contribution in [3.05, 3.63) is 23.8 Å². The Morgan fingerprint density at radius 1 is 0.947 bits per heavy atom. The van der Waals surface area contributed by atoms with E-state index < -0.39 is 0 Å². The summed E-state index contributed by atoms with van der Waals surface area (Å²) in [5, 5.41) is 0. The minimum Gasteiger partial charge on any atom is -0.103 e. The molecule has 4 aliphatic carbocycles. The number of rotatable bonds is 1. The Labute approximate surface area is 118 Å². The second kappa shape index (κ2) is 4.50. The van der Waals surface area contributed by atoms with E-state index in [-0.39, 0.29) is 0 Å². The van der Waals surface area contributed by atoms with Gasteiger partial charge in [0.15, 0.2) is 0 Å². The highest BCUT2D eigenvalue weighted by atomic mass is 14.6. The van der Waals surface area contributed by atoms with Crippen molar-refractivity contribution < 1.29 is 0 Å². The molecule has 0 aromatic rings. The van der Waals surface area contributed by atoms with Gasteiger partial charge < -0.3 is 0 Å². The molecule has 0 spiro atoms. The third kappa shape index (κ3) is 1.71. The van der Waals surface area contributed by atoms with Crippen molar-refractivity contribution >= 4 is 0 Å². The van der Waals surface area contributed by atoms with Gasteiger partial charge in [0.05, 0.1) is 0 Å². The Morgan fingerprint density at radius 2 is 1.84 bits per heavy atom. The Kier molecular flexibility index (Phi) is 2.90. The molecule has 0 saturated heterocycles. The molecule has 4 atom stereocenters. The molecule has 0 aliphatic heterocycles. The van der Waals surface area contributed by atoms with Crippen LogP contribution in [0.15, 0.2) is 23.8 Å². The van der Waals surface area contributed by atoms with Gasteiger partial charge in [-0.15, -0.1) is 6.58 Å². The van der Waals surface area contributed by atoms with Gasteiger partial charge in [0, 0.05) is 0 Å². The molecular formula is C19H28. The van der Waals surface area contributed by atoms with E-state index in [1.807, 2.05) is 11.1 Å². The molecule has 0 radical (unpaired) electrons. The number of hydrogen-bond donors (Lipinski definition) is 0. The van der Waals surface area contributed by atoms with Crippen LogP contribution in [0.3, 0.4) is 0 Å². The summed E-state index contributed by atoms with van der Waals surface area (Å²) in [5.74, 6) is 2.99. The van der Waals surface area contributed by atoms with Crippen LogP contribution in [-0.2, 0) is 0 Å². The van der Waals surface area contributed by atoms with Gasteiger partial charge in [-0.2, -0.15) is 0 Å². The lowest BCUT2D eigenvalue weighted by Gasteiger charge is -2.51. The molecule has 104 valence electrons. The molecule has 2 saturated carbocycles. The molecule has 2 fully saturated rings. The maximum absolute atomic E-state index is 4.22. The minimum absolute atomic E-state index is 0.550. The van der Waals surface area contributed by atoms with Crippen LogP contribution in [0, 0.1) is 23.2 Å². The van der Waals surface area contributed by atoms with Crippen LogP contribution in [0.25, 0.3) is 0 Å². The SMILES string of the molecule is C=C[C@@]12CCC[C@H]1[C@@H]1CCC3=C(CCCC3)[C@H]1CC2. The average molecular weight is 256 g/mol. The molecule has 19 heavy (non-hydrogen) atoms. The lowest BCUT2D eigenvalue weighted by Crippen LogP contribution is -2.41. The van der Waals surface area contributed by atoms with E-state index in [4.69, 9.17) is 0 Å². The van der Waals surface area contributed by atoms with E-state index in [9.17, 15) is 0 Å². The van der Waals surface area contributed by atoms with Crippen LogP contribution >= 0.6 is 0 Å². The Balaban J connectivity index is 1.67. The highest BCUT2D eigenvalue weighted by molar-refractivity contribution is 5.26. The summed E-state index contributed by atoms with van der Waals surface area (Å²) < 4.78 is 0. The summed E-state index contributed by atoms with van der Waals surface area (Å²) >= 11 is 0. The maximum Gasteiger partial charge on any atom is -0.00896 e. The van der Waals surface area contributed by atoms with Crippen LogP contribution in [0.1, 0.15) is 70.6 Å². The molecule has 0 bridgehead atoms. The summed E-state index contributed by atoms with van der Waals surface area (Å²) in [5.41, 5.74) is 4.40. The predicted molar refractivity (Wildman–Crippen MR) is 80.9 cm³/mol. The molecule has 0 heterocycles. The molecule has 4 aliphatic rings. The first-order valence-electron chi connectivity index (χ1n) is 8.68. The van der Waals surface area contributed by atoms with Crippen molar-refractivity contribution in [2.75, 3.05) is 0 Å². The predicted octanol–water partition coefficient (Wildman–Crippen LogP) is 5.65. The molecule has 0 N–H and O–H groups in total. The monoisotopic (exact) mass is 256 g/mol. The zero-order chi connectivity index (χ0) is 12.9. The quantitative estimate of drug-likeness (QED) is 0.532. The second-order valence-electron chi connectivity index (χ2n) is 7.62. The van der Waals surface area contributed by atoms with Gasteiger partial charge in [0.25, 0.3) is 0 Å². The van der Waals surface area contributed by atoms with Crippen LogP contribution in [0.4, 0.5) is 0 Å². The third-order valence-electron chi connectivity index (χ3n) is 7.11. The van der Waals surface area contributed by atoms with Gasteiger partial charge in [-0.05, 0) is 87.4 Å². The van der Waals surface area contributed by atoms with Crippen molar-refractivity contribution in [2.45, 2.75) is 70.6 Å². The smallest absolute Gasteiger partial charge is 0.00896 e. The normalized spacial score (nSPS) is 45.4. The Bertz CT molecular complexity index is 416. The first-order valence-corrected chi connectivity index (χ1v) is 8.68. The molecule has 0 aromatic heterocycles. The van der Waals surface area contributed by atoms with E-state index in [0.29, 0.717) is 5.41 Å². The van der Waals surface area contributed by atoms with Crippen molar-refractivity contribution in [1.29, 1.82) is 0 Å². The van der Waals surface area contributed by atoms with E-state index in [0.717, 1.165) is 17.8 Å². The molecule has 0 heteroatoms. The van der Waals surface area contributed by atoms with E-state index in [2.05, 4.69) is 12.7 Å². The lowest BCUT2D eigenvalue weighted by molar-refractivity contribution is 0.0620. The van der Waals surface area contributed by atoms with Crippen molar-refractivity contribution in [2.24, 2.45) is 23.2 Å². The van der Waals surface area contributed by atoms with Crippen molar-refractivity contribution in [3.8, 4) is 0 Å². The number of hydrogen-bond acceptors (Lipinski definition) is 0. The lowest BCUT2D eigenvalue weighted by atomic mass is 9.54. The number of fused-ring (bicyclic) bond motifs is 4. The van der Waals surface area contributed by atoms with Crippen LogP contribution in [-0.4, -0.2) is 0 Å². The average Bonchev–Trinajstić information content (AvgIpc) is 2.91. The van der Waals surface area contributed by atoms with Gasteiger partial charge in [-0.25, -0.2) is 0 Å². The molecular weight excluding hydrogens is 228 g/mol. The highest BCUT2D eigenvalue weighted by Gasteiger charge is 2.51. The van der Waals surface area contributed by atoms with Gasteiger partial charge >= 0.3 is 0 Å². The molecule has 0 nitrogen and oxygen atoms in total. The molecule has 0 aromatic carbocycles. The summed E-state index contributed by atoms with van der Waals surface area (Å²) in [6.45, 7) is 4.22. The van der Waals surface area contributed by atoms with Crippen molar-refractivity contribution in [1.82, 2.24) is 0 Å². The fraction of sp³-hybridized carbons (Fsp3) is 0.789. The summed E-state index contributed by atoms with van der Waals surface area (Å²) in [6, 6.07) is 0. The van der Waals surface area contributed by atoms with E-state index in [1.54, 1.807) is 0 Å². The zero-order valence-corrected chi connectivity index (χ0v) is 12.3. The first kappa shape index (κ1) is 12.2. The van der Waals surface area contributed by atoms with Crippen LogP contribution in [0.2, 0.25) is 0 Å². The largest absolute Gasteiger partial charge is 0.103 e. The fourth-order valence-corrected chi connectivity index (χ4v) is 6.25. The molecule has 0 unspecified atom stereocenters. The Hall–Kier alpha value is -0.520. The zero-order valence-electron chi connectivity index (χ0n) is 12.3. The number of allylic oxidation sites excluding steroid dienone is 3. The summed E-state index contributed by atoms with van der Waals surface area (Å²) in [4.78, 5) is 0. The maximum atomic E-state index is 4.22. The summed E-state index contributed by atoms with van der Waals surface area (Å²) in [7, 11) is 0. The van der Waals surface area contributed by atoms with Crippen LogP contribution in [0.5, 0.6) is 0 Å². The van der Waals surface area contributed by atoms with Gasteiger partial charge in [0.2, 0.25) is 0 Å². The fourth-order valence-electron chi connectivity index (χ4n) is 6.25. The Morgan fingerprint density at radius 3 is 2.74 bits per heavy atom. The summed E-state index contributed by atoms with van der Waals surface area (Å²) in [6.07, 6.45) is 18.5. The topological polar surface area (TPSA) is 0 Å². The second-order valence-corrected chi connectivity index (χ2v) is 7.62. The minimum atomic E-state index is 0.550. The highest BCUT2D eigenvalue weighted by Crippen LogP contribution is 2.61. The third-order valence-corrected chi connectivity index (χ3v) is 7.11. The van der Waals surface area contributed by atoms with Crippen LogP contribution < -0.4 is 0 Å². The molecule has 0 amide bonds. The van der Waals surface area contributed by atoms with Crippen molar-refractivity contribution in [3.63, 3.8) is 0 Å². The van der Waals surface area contributed by atoms with E-state index in [1.165, 1.54) is 70.6 Å². The molecule has 4 rings (SSSR count). The first-order chi connectivity index (χ1) is 9.34. The van der Waals surface area contributed by atoms with Gasteiger partial charge in [-0.3, -0.25) is 0 Å². The van der Waals surface area contributed by atoms with Gasteiger partial charge in [-0.1, -0.05) is 23.6 Å². The van der Waals surface area contributed by atoms with E-state index >= 15 is 0 Å². The standard InChI is InChI=1S/C19H28/c1-2-19-12-5-8-18(19)17-10-9-14-6-3-4-7-15(14)16(17)11-13-19/h2,16-18H,1,3-13H2/t16-,17-,18+,19+/m1/s1.